The lowest BCUT2D eigenvalue weighted by atomic mass is 10.1. The zero-order chi connectivity index (χ0) is 13.5. The SMILES string of the molecule is CCOCCCNC(=O)N[C@H]1CCc2ccccc21. The highest BCUT2D eigenvalue weighted by Crippen LogP contribution is 2.30. The molecule has 0 radical (unpaired) electrons. The number of hydrogen-bond acceptors (Lipinski definition) is 2. The summed E-state index contributed by atoms with van der Waals surface area (Å²) in [6.07, 6.45) is 2.89. The first-order valence-corrected chi connectivity index (χ1v) is 7.01. The number of aryl methyl sites for hydroxylation is 1. The number of amides is 2. The zero-order valence-corrected chi connectivity index (χ0v) is 11.4. The van der Waals surface area contributed by atoms with Crippen LogP contribution in [0.1, 0.15) is 36.9 Å². The van der Waals surface area contributed by atoms with Crippen LogP contribution < -0.4 is 10.6 Å². The fourth-order valence-corrected chi connectivity index (χ4v) is 2.44. The van der Waals surface area contributed by atoms with Crippen LogP contribution >= 0.6 is 0 Å². The molecule has 0 fully saturated rings. The maximum absolute atomic E-state index is 11.8. The Hall–Kier alpha value is -1.55. The van der Waals surface area contributed by atoms with Gasteiger partial charge in [-0.15, -0.1) is 0 Å². The van der Waals surface area contributed by atoms with Crippen LogP contribution in [0.15, 0.2) is 24.3 Å². The van der Waals surface area contributed by atoms with Gasteiger partial charge in [-0.2, -0.15) is 0 Å². The zero-order valence-electron chi connectivity index (χ0n) is 11.4. The maximum atomic E-state index is 11.8. The first kappa shape index (κ1) is 13.9. The fourth-order valence-electron chi connectivity index (χ4n) is 2.44. The average Bonchev–Trinajstić information content (AvgIpc) is 2.82. The molecular formula is C15H22N2O2. The van der Waals surface area contributed by atoms with Gasteiger partial charge in [-0.25, -0.2) is 4.79 Å². The lowest BCUT2D eigenvalue weighted by molar-refractivity contribution is 0.145. The van der Waals surface area contributed by atoms with Crippen molar-refractivity contribution in [2.75, 3.05) is 19.8 Å². The van der Waals surface area contributed by atoms with Crippen molar-refractivity contribution in [3.8, 4) is 0 Å². The van der Waals surface area contributed by atoms with E-state index in [1.807, 2.05) is 13.0 Å². The summed E-state index contributed by atoms with van der Waals surface area (Å²) >= 11 is 0. The molecule has 2 N–H and O–H groups in total. The molecule has 1 aliphatic carbocycles. The second-order valence-electron chi connectivity index (χ2n) is 4.74. The van der Waals surface area contributed by atoms with Crippen molar-refractivity contribution >= 4 is 6.03 Å². The summed E-state index contributed by atoms with van der Waals surface area (Å²) in [7, 11) is 0. The minimum atomic E-state index is -0.0850. The molecule has 2 rings (SSSR count). The van der Waals surface area contributed by atoms with E-state index in [1.165, 1.54) is 11.1 Å². The van der Waals surface area contributed by atoms with Gasteiger partial charge in [0.25, 0.3) is 0 Å². The molecule has 0 saturated carbocycles. The highest BCUT2D eigenvalue weighted by molar-refractivity contribution is 5.74. The Balaban J connectivity index is 1.72. The lowest BCUT2D eigenvalue weighted by Gasteiger charge is -2.14. The first-order chi connectivity index (χ1) is 9.31. The van der Waals surface area contributed by atoms with E-state index < -0.39 is 0 Å². The molecule has 2 amide bonds. The van der Waals surface area contributed by atoms with Crippen molar-refractivity contribution < 1.29 is 9.53 Å². The molecule has 1 aromatic rings. The topological polar surface area (TPSA) is 50.4 Å². The second-order valence-corrected chi connectivity index (χ2v) is 4.74. The van der Waals surface area contributed by atoms with E-state index in [1.54, 1.807) is 0 Å². The Morgan fingerprint density at radius 1 is 1.42 bits per heavy atom. The Morgan fingerprint density at radius 2 is 2.26 bits per heavy atom. The number of fused-ring (bicyclic) bond motifs is 1. The third-order valence-corrected chi connectivity index (χ3v) is 3.39. The van der Waals surface area contributed by atoms with Gasteiger partial charge in [-0.05, 0) is 37.3 Å². The van der Waals surface area contributed by atoms with Crippen molar-refractivity contribution in [3.05, 3.63) is 35.4 Å². The minimum Gasteiger partial charge on any atom is -0.382 e. The van der Waals surface area contributed by atoms with E-state index in [2.05, 4.69) is 28.8 Å². The largest absolute Gasteiger partial charge is 0.382 e. The van der Waals surface area contributed by atoms with Gasteiger partial charge in [0, 0.05) is 19.8 Å². The molecule has 4 nitrogen and oxygen atoms in total. The van der Waals surface area contributed by atoms with E-state index in [4.69, 9.17) is 4.74 Å². The van der Waals surface area contributed by atoms with E-state index >= 15 is 0 Å². The number of carbonyl (C=O) groups is 1. The fraction of sp³-hybridized carbons (Fsp3) is 0.533. The van der Waals surface area contributed by atoms with Crippen molar-refractivity contribution in [3.63, 3.8) is 0 Å². The second kappa shape index (κ2) is 7.14. The van der Waals surface area contributed by atoms with Gasteiger partial charge >= 0.3 is 6.03 Å². The minimum absolute atomic E-state index is 0.0850. The number of urea groups is 1. The Morgan fingerprint density at radius 3 is 3.11 bits per heavy atom. The van der Waals surface area contributed by atoms with Gasteiger partial charge in [-0.1, -0.05) is 24.3 Å². The van der Waals surface area contributed by atoms with E-state index in [0.717, 1.165) is 25.9 Å². The molecule has 0 aliphatic heterocycles. The smallest absolute Gasteiger partial charge is 0.315 e. The third-order valence-electron chi connectivity index (χ3n) is 3.39. The van der Waals surface area contributed by atoms with Crippen LogP contribution in [0.5, 0.6) is 0 Å². The Labute approximate surface area is 114 Å². The monoisotopic (exact) mass is 262 g/mol. The van der Waals surface area contributed by atoms with Gasteiger partial charge in [0.15, 0.2) is 0 Å². The van der Waals surface area contributed by atoms with Crippen molar-refractivity contribution in [1.29, 1.82) is 0 Å². The highest BCUT2D eigenvalue weighted by atomic mass is 16.5. The number of nitrogens with one attached hydrogen (secondary N) is 2. The molecule has 1 aromatic carbocycles. The molecule has 19 heavy (non-hydrogen) atoms. The molecule has 0 bridgehead atoms. The maximum Gasteiger partial charge on any atom is 0.315 e. The molecule has 0 aromatic heterocycles. The molecule has 0 saturated heterocycles. The summed E-state index contributed by atoms with van der Waals surface area (Å²) < 4.78 is 5.22. The highest BCUT2D eigenvalue weighted by Gasteiger charge is 2.22. The predicted octanol–water partition coefficient (Wildman–Crippen LogP) is 2.40. The standard InChI is InChI=1S/C15H22N2O2/c1-2-19-11-5-10-16-15(18)17-14-9-8-12-6-3-4-7-13(12)14/h3-4,6-7,14H,2,5,8-11H2,1H3,(H2,16,17,18)/t14-/m0/s1. The molecule has 1 aliphatic rings. The van der Waals surface area contributed by atoms with Crippen molar-refractivity contribution in [1.82, 2.24) is 10.6 Å². The summed E-state index contributed by atoms with van der Waals surface area (Å²) in [5.74, 6) is 0. The van der Waals surface area contributed by atoms with Crippen LogP contribution in [-0.4, -0.2) is 25.8 Å². The molecule has 0 unspecified atom stereocenters. The average molecular weight is 262 g/mol. The number of rotatable bonds is 6. The van der Waals surface area contributed by atoms with Gasteiger partial charge in [0.05, 0.1) is 6.04 Å². The normalized spacial score (nSPS) is 17.0. The van der Waals surface area contributed by atoms with E-state index in [-0.39, 0.29) is 12.1 Å². The first-order valence-electron chi connectivity index (χ1n) is 7.01. The van der Waals surface area contributed by atoms with Gasteiger partial charge in [-0.3, -0.25) is 0 Å². The van der Waals surface area contributed by atoms with Gasteiger partial charge < -0.3 is 15.4 Å². The molecule has 104 valence electrons. The molecule has 0 spiro atoms. The third kappa shape index (κ3) is 3.96. The van der Waals surface area contributed by atoms with Crippen LogP contribution in [0.25, 0.3) is 0 Å². The van der Waals surface area contributed by atoms with Crippen molar-refractivity contribution in [2.45, 2.75) is 32.2 Å². The number of hydrogen-bond donors (Lipinski definition) is 2. The van der Waals surface area contributed by atoms with Crippen LogP contribution in [0.3, 0.4) is 0 Å². The van der Waals surface area contributed by atoms with Crippen LogP contribution in [0, 0.1) is 0 Å². The summed E-state index contributed by atoms with van der Waals surface area (Å²) in [5.41, 5.74) is 2.61. The van der Waals surface area contributed by atoms with E-state index in [9.17, 15) is 4.79 Å². The summed E-state index contributed by atoms with van der Waals surface area (Å²) in [4.78, 5) is 11.8. The lowest BCUT2D eigenvalue weighted by Crippen LogP contribution is -2.38. The number of ether oxygens (including phenoxy) is 1. The molecule has 0 heterocycles. The molecule has 4 heteroatoms. The molecule has 1 atom stereocenters. The summed E-state index contributed by atoms with van der Waals surface area (Å²) in [6.45, 7) is 4.05. The van der Waals surface area contributed by atoms with Gasteiger partial charge in [0.1, 0.15) is 0 Å². The van der Waals surface area contributed by atoms with E-state index in [0.29, 0.717) is 13.2 Å². The van der Waals surface area contributed by atoms with Crippen LogP contribution in [0.4, 0.5) is 4.79 Å². The summed E-state index contributed by atoms with van der Waals surface area (Å²) in [5, 5.41) is 5.90. The Bertz CT molecular complexity index is 420. The number of benzene rings is 1. The van der Waals surface area contributed by atoms with Crippen molar-refractivity contribution in [2.24, 2.45) is 0 Å². The molecular weight excluding hydrogens is 240 g/mol. The van der Waals surface area contributed by atoms with Crippen LogP contribution in [-0.2, 0) is 11.2 Å². The Kier molecular flexibility index (Phi) is 5.21. The number of carbonyl (C=O) groups excluding carboxylic acids is 1. The predicted molar refractivity (Wildman–Crippen MR) is 75.1 cm³/mol. The quantitative estimate of drug-likeness (QED) is 0.773. The van der Waals surface area contributed by atoms with Crippen LogP contribution in [0.2, 0.25) is 0 Å². The van der Waals surface area contributed by atoms with Gasteiger partial charge in [0.2, 0.25) is 0 Å². The summed E-state index contributed by atoms with van der Waals surface area (Å²) in [6, 6.07) is 8.38.